The predicted molar refractivity (Wildman–Crippen MR) is 120 cm³/mol. The Labute approximate surface area is 182 Å². The Morgan fingerprint density at radius 2 is 1.87 bits per heavy atom. The lowest BCUT2D eigenvalue weighted by molar-refractivity contribution is -0.385. The molecular formula is C21H28ClN5O3. The second-order valence-corrected chi connectivity index (χ2v) is 8.70. The number of hydrazine groups is 1. The van der Waals surface area contributed by atoms with Gasteiger partial charge in [0, 0.05) is 50.7 Å². The van der Waals surface area contributed by atoms with Gasteiger partial charge < -0.3 is 10.0 Å². The Bertz CT molecular complexity index is 904. The number of β-amino-alcohol motifs (C(OH)–C–C–N with tert-alkyl or cyclic N) is 1. The average molecular weight is 434 g/mol. The Hall–Kier alpha value is -2.39. The van der Waals surface area contributed by atoms with Crippen LogP contribution in [0.4, 0.5) is 17.1 Å². The molecule has 8 nitrogen and oxygen atoms in total. The number of fused-ring (bicyclic) bond motifs is 1. The van der Waals surface area contributed by atoms with E-state index >= 15 is 0 Å². The van der Waals surface area contributed by atoms with E-state index in [1.165, 1.54) is 10.6 Å². The predicted octanol–water partition coefficient (Wildman–Crippen LogP) is 3.23. The normalized spacial score (nSPS) is 15.9. The van der Waals surface area contributed by atoms with Crippen LogP contribution >= 0.6 is 11.8 Å². The van der Waals surface area contributed by atoms with Crippen molar-refractivity contribution < 1.29 is 10.0 Å². The second kappa shape index (κ2) is 8.77. The average Bonchev–Trinajstić information content (AvgIpc) is 2.96. The summed E-state index contributed by atoms with van der Waals surface area (Å²) in [6, 6.07) is 13.2. The van der Waals surface area contributed by atoms with E-state index in [2.05, 4.69) is 29.2 Å². The molecule has 2 aromatic rings. The molecule has 0 saturated heterocycles. The highest BCUT2D eigenvalue weighted by Gasteiger charge is 2.36. The van der Waals surface area contributed by atoms with Crippen molar-refractivity contribution in [1.82, 2.24) is 9.43 Å². The van der Waals surface area contributed by atoms with E-state index in [1.807, 2.05) is 26.0 Å². The number of nitro benzene ring substituents is 1. The molecular weight excluding hydrogens is 406 g/mol. The third kappa shape index (κ3) is 5.02. The van der Waals surface area contributed by atoms with E-state index in [4.69, 9.17) is 11.8 Å². The van der Waals surface area contributed by atoms with Gasteiger partial charge in [-0.1, -0.05) is 18.2 Å². The first-order valence-corrected chi connectivity index (χ1v) is 10.1. The van der Waals surface area contributed by atoms with Crippen molar-refractivity contribution >= 4 is 28.8 Å². The van der Waals surface area contributed by atoms with Gasteiger partial charge in [-0.05, 0) is 37.7 Å². The number of benzene rings is 2. The minimum absolute atomic E-state index is 0.0404. The van der Waals surface area contributed by atoms with Crippen LogP contribution in [0.15, 0.2) is 42.5 Å². The van der Waals surface area contributed by atoms with Crippen molar-refractivity contribution in [1.29, 1.82) is 0 Å². The monoisotopic (exact) mass is 433 g/mol. The van der Waals surface area contributed by atoms with Crippen LogP contribution < -0.4 is 9.91 Å². The lowest BCUT2D eigenvalue weighted by atomic mass is 10.0. The largest absolute Gasteiger partial charge is 0.387 e. The van der Waals surface area contributed by atoms with Gasteiger partial charge in [0.1, 0.15) is 0 Å². The van der Waals surface area contributed by atoms with Gasteiger partial charge in [0.2, 0.25) is 0 Å². The smallest absolute Gasteiger partial charge is 0.276 e. The summed E-state index contributed by atoms with van der Waals surface area (Å²) >= 11 is 6.34. The fraction of sp³-hybridized carbons (Fsp3) is 0.429. The third-order valence-electron chi connectivity index (χ3n) is 5.16. The van der Waals surface area contributed by atoms with E-state index < -0.39 is 10.5 Å². The topological polar surface area (TPSA) is 76.3 Å². The molecule has 0 radical (unpaired) electrons. The molecule has 0 bridgehead atoms. The number of hydrogen-bond donors (Lipinski definition) is 1. The van der Waals surface area contributed by atoms with E-state index in [0.717, 1.165) is 11.3 Å². The maximum atomic E-state index is 11.3. The highest BCUT2D eigenvalue weighted by molar-refractivity contribution is 6.14. The first-order chi connectivity index (χ1) is 14.1. The van der Waals surface area contributed by atoms with Crippen LogP contribution in [-0.2, 0) is 13.1 Å². The fourth-order valence-corrected chi connectivity index (χ4v) is 4.11. The zero-order valence-corrected chi connectivity index (χ0v) is 18.5. The number of hydrogen-bond acceptors (Lipinski definition) is 7. The summed E-state index contributed by atoms with van der Waals surface area (Å²) in [5.41, 5.74) is 2.46. The standard InChI is InChI=1S/C21H28ClN5O3/c1-21(28,14-24(4)12-16-8-10-17(11-9-16)23(2)3)15-25-19-6-5-7-20(27(29)30)18(19)13-26(25)22/h5-11,28H,12-15H2,1-4H3/t21-/m0/s1. The molecule has 0 spiro atoms. The molecule has 1 N–H and O–H groups in total. The maximum absolute atomic E-state index is 11.3. The van der Waals surface area contributed by atoms with Gasteiger partial charge in [0.15, 0.2) is 0 Å². The summed E-state index contributed by atoms with van der Waals surface area (Å²) in [6.45, 7) is 3.29. The first-order valence-electron chi connectivity index (χ1n) is 9.71. The summed E-state index contributed by atoms with van der Waals surface area (Å²) < 4.78 is 1.39. The number of halogens is 1. The van der Waals surface area contributed by atoms with Crippen LogP contribution in [0, 0.1) is 10.1 Å². The number of anilines is 2. The highest BCUT2D eigenvalue weighted by Crippen LogP contribution is 2.38. The minimum atomic E-state index is -1.09. The van der Waals surface area contributed by atoms with Crippen molar-refractivity contribution in [2.24, 2.45) is 0 Å². The van der Waals surface area contributed by atoms with Gasteiger partial charge in [-0.25, -0.2) is 0 Å². The van der Waals surface area contributed by atoms with Crippen molar-refractivity contribution in [3.05, 3.63) is 63.7 Å². The van der Waals surface area contributed by atoms with Gasteiger partial charge in [0.25, 0.3) is 5.69 Å². The molecule has 1 heterocycles. The van der Waals surface area contributed by atoms with Crippen molar-refractivity contribution in [2.75, 3.05) is 44.1 Å². The molecule has 0 fully saturated rings. The summed E-state index contributed by atoms with van der Waals surface area (Å²) in [5, 5.41) is 24.1. The molecule has 1 aliphatic heterocycles. The van der Waals surface area contributed by atoms with Crippen molar-refractivity contribution in [2.45, 2.75) is 25.6 Å². The molecule has 0 amide bonds. The van der Waals surface area contributed by atoms with Crippen LogP contribution in [0.1, 0.15) is 18.1 Å². The van der Waals surface area contributed by atoms with Gasteiger partial charge in [-0.2, -0.15) is 0 Å². The van der Waals surface area contributed by atoms with Crippen LogP contribution in [0.25, 0.3) is 0 Å². The number of nitrogens with zero attached hydrogens (tertiary/aromatic N) is 5. The summed E-state index contributed by atoms with van der Waals surface area (Å²) in [7, 11) is 5.96. The van der Waals surface area contributed by atoms with Crippen LogP contribution in [0.2, 0.25) is 0 Å². The zero-order chi connectivity index (χ0) is 22.1. The van der Waals surface area contributed by atoms with Gasteiger partial charge >= 0.3 is 0 Å². The molecule has 1 atom stereocenters. The molecule has 0 saturated carbocycles. The number of nitro groups is 1. The van der Waals surface area contributed by atoms with E-state index in [0.29, 0.717) is 24.3 Å². The van der Waals surface area contributed by atoms with Crippen molar-refractivity contribution in [3.63, 3.8) is 0 Å². The third-order valence-corrected chi connectivity index (χ3v) is 5.46. The van der Waals surface area contributed by atoms with E-state index in [1.54, 1.807) is 24.1 Å². The number of aliphatic hydroxyl groups is 1. The van der Waals surface area contributed by atoms with Gasteiger partial charge in [0.05, 0.1) is 34.9 Å². The summed E-state index contributed by atoms with van der Waals surface area (Å²) in [6.07, 6.45) is 0. The van der Waals surface area contributed by atoms with Crippen LogP contribution in [0.3, 0.4) is 0 Å². The highest BCUT2D eigenvalue weighted by atomic mass is 35.5. The lowest BCUT2D eigenvalue weighted by Crippen LogP contribution is -2.49. The lowest BCUT2D eigenvalue weighted by Gasteiger charge is -2.35. The Morgan fingerprint density at radius 1 is 1.20 bits per heavy atom. The Morgan fingerprint density at radius 3 is 2.47 bits per heavy atom. The molecule has 1 aliphatic rings. The Balaban J connectivity index is 1.67. The molecule has 30 heavy (non-hydrogen) atoms. The first kappa shape index (κ1) is 22.3. The fourth-order valence-electron chi connectivity index (χ4n) is 3.85. The molecule has 2 aromatic carbocycles. The minimum Gasteiger partial charge on any atom is -0.387 e. The van der Waals surface area contributed by atoms with Crippen molar-refractivity contribution in [3.8, 4) is 0 Å². The molecule has 9 heteroatoms. The number of likely N-dealkylation sites (N-methyl/N-ethyl adjacent to an activating group) is 1. The van der Waals surface area contributed by atoms with Gasteiger partial charge in [-0.15, -0.1) is 4.53 Å². The van der Waals surface area contributed by atoms with Gasteiger partial charge in [-0.3, -0.25) is 20.0 Å². The second-order valence-electron chi connectivity index (χ2n) is 8.31. The quantitative estimate of drug-likeness (QED) is 0.389. The number of rotatable bonds is 8. The molecule has 162 valence electrons. The van der Waals surface area contributed by atoms with E-state index in [-0.39, 0.29) is 18.8 Å². The van der Waals surface area contributed by atoms with Crippen LogP contribution in [0.5, 0.6) is 0 Å². The van der Waals surface area contributed by atoms with Crippen LogP contribution in [-0.4, -0.2) is 59.3 Å². The SMILES string of the molecule is CN(Cc1ccc(N(C)C)cc1)C[C@](C)(O)CN1c2cccc([N+](=O)[O-])c2CN1Cl. The molecule has 3 rings (SSSR count). The Kier molecular flexibility index (Phi) is 6.52. The molecule has 0 unspecified atom stereocenters. The maximum Gasteiger partial charge on any atom is 0.276 e. The molecule has 0 aromatic heterocycles. The molecule has 0 aliphatic carbocycles. The van der Waals surface area contributed by atoms with E-state index in [9.17, 15) is 15.2 Å². The zero-order valence-electron chi connectivity index (χ0n) is 17.7. The summed E-state index contributed by atoms with van der Waals surface area (Å²) in [5.74, 6) is 0. The summed E-state index contributed by atoms with van der Waals surface area (Å²) in [4.78, 5) is 15.0.